The van der Waals surface area contributed by atoms with E-state index in [9.17, 15) is 0 Å². The lowest BCUT2D eigenvalue weighted by molar-refractivity contribution is 0.0793. The Hall–Kier alpha value is -0.860. The third-order valence-electron chi connectivity index (χ3n) is 4.26. The van der Waals surface area contributed by atoms with Crippen LogP contribution in [0.25, 0.3) is 0 Å². The highest BCUT2D eigenvalue weighted by Gasteiger charge is 2.40. The molecule has 98 valence electrons. The molecule has 1 aliphatic heterocycles. The minimum atomic E-state index is 0.415. The molecule has 1 aromatic rings. The summed E-state index contributed by atoms with van der Waals surface area (Å²) in [5.41, 5.74) is 2.70. The molecule has 2 fully saturated rings. The lowest BCUT2D eigenvalue weighted by Gasteiger charge is -2.24. The first kappa shape index (κ1) is 12.2. The summed E-state index contributed by atoms with van der Waals surface area (Å²) in [5.74, 6) is 0.829. The van der Waals surface area contributed by atoms with Crippen molar-refractivity contribution in [3.8, 4) is 0 Å². The molecule has 3 unspecified atom stereocenters. The molecule has 1 saturated heterocycles. The van der Waals surface area contributed by atoms with Crippen LogP contribution in [-0.4, -0.2) is 18.8 Å². The minimum absolute atomic E-state index is 0.415. The summed E-state index contributed by atoms with van der Waals surface area (Å²) < 4.78 is 5.88. The number of hydrogen-bond donors (Lipinski definition) is 1. The fourth-order valence-electron chi connectivity index (χ4n) is 2.95. The number of nitrogens with one attached hydrogen (secondary N) is 1. The number of hydrogen-bond acceptors (Lipinski definition) is 2. The molecule has 1 N–H and O–H groups in total. The molecule has 3 atom stereocenters. The third-order valence-corrected chi connectivity index (χ3v) is 4.26. The van der Waals surface area contributed by atoms with Crippen LogP contribution in [0.1, 0.15) is 43.4 Å². The van der Waals surface area contributed by atoms with Gasteiger partial charge in [0, 0.05) is 18.7 Å². The van der Waals surface area contributed by atoms with E-state index in [0.29, 0.717) is 18.2 Å². The van der Waals surface area contributed by atoms with Crippen molar-refractivity contribution in [1.29, 1.82) is 0 Å². The molecule has 0 aromatic heterocycles. The molecule has 0 spiro atoms. The second-order valence-electron chi connectivity index (χ2n) is 5.87. The van der Waals surface area contributed by atoms with Crippen LogP contribution in [0, 0.1) is 12.8 Å². The topological polar surface area (TPSA) is 21.3 Å². The van der Waals surface area contributed by atoms with Crippen LogP contribution in [0.15, 0.2) is 24.3 Å². The number of rotatable bonds is 4. The Morgan fingerprint density at radius 3 is 2.56 bits per heavy atom. The van der Waals surface area contributed by atoms with E-state index in [1.807, 2.05) is 0 Å². The highest BCUT2D eigenvalue weighted by molar-refractivity contribution is 5.23. The van der Waals surface area contributed by atoms with Gasteiger partial charge in [-0.1, -0.05) is 29.8 Å². The Kier molecular flexibility index (Phi) is 3.40. The van der Waals surface area contributed by atoms with Gasteiger partial charge in [0.25, 0.3) is 0 Å². The van der Waals surface area contributed by atoms with Gasteiger partial charge in [0.1, 0.15) is 0 Å². The van der Waals surface area contributed by atoms with Gasteiger partial charge in [-0.2, -0.15) is 0 Å². The number of ether oxygens (including phenoxy) is 1. The Balaban J connectivity index is 1.62. The fourth-order valence-corrected chi connectivity index (χ4v) is 2.95. The molecule has 18 heavy (non-hydrogen) atoms. The van der Waals surface area contributed by atoms with E-state index < -0.39 is 0 Å². The fraction of sp³-hybridized carbons (Fsp3) is 0.625. The zero-order chi connectivity index (χ0) is 12.5. The van der Waals surface area contributed by atoms with Crippen molar-refractivity contribution in [1.82, 2.24) is 5.32 Å². The van der Waals surface area contributed by atoms with E-state index in [4.69, 9.17) is 4.74 Å². The summed E-state index contributed by atoms with van der Waals surface area (Å²) in [6, 6.07) is 9.81. The van der Waals surface area contributed by atoms with Crippen LogP contribution in [0.5, 0.6) is 0 Å². The Labute approximate surface area is 110 Å². The lowest BCUT2D eigenvalue weighted by Crippen LogP contribution is -2.39. The monoisotopic (exact) mass is 245 g/mol. The average Bonchev–Trinajstić information content (AvgIpc) is 3.11. The summed E-state index contributed by atoms with van der Waals surface area (Å²) in [5, 5.41) is 3.76. The second-order valence-corrected chi connectivity index (χ2v) is 5.87. The molecule has 1 saturated carbocycles. The van der Waals surface area contributed by atoms with Gasteiger partial charge < -0.3 is 10.1 Å². The maximum Gasteiger partial charge on any atom is 0.0757 e. The van der Waals surface area contributed by atoms with Gasteiger partial charge in [0.2, 0.25) is 0 Å². The average molecular weight is 245 g/mol. The Bertz CT molecular complexity index is 396. The van der Waals surface area contributed by atoms with E-state index in [1.165, 1.54) is 24.0 Å². The van der Waals surface area contributed by atoms with Crippen molar-refractivity contribution >= 4 is 0 Å². The van der Waals surface area contributed by atoms with Crippen LogP contribution in [0.2, 0.25) is 0 Å². The standard InChI is InChI=1S/C16H23NO/c1-11-3-5-13(6-4-11)12(2)17-15-9-10-18-16(15)14-7-8-14/h3-6,12,14-17H,7-10H2,1-2H3. The molecular weight excluding hydrogens is 222 g/mol. The second kappa shape index (κ2) is 5.02. The SMILES string of the molecule is Cc1ccc(C(C)NC2CCOC2C2CC2)cc1. The van der Waals surface area contributed by atoms with Crippen LogP contribution >= 0.6 is 0 Å². The number of benzene rings is 1. The van der Waals surface area contributed by atoms with E-state index in [1.54, 1.807) is 0 Å². The van der Waals surface area contributed by atoms with Gasteiger partial charge >= 0.3 is 0 Å². The summed E-state index contributed by atoms with van der Waals surface area (Å²) in [6.07, 6.45) is 4.36. The van der Waals surface area contributed by atoms with Gasteiger partial charge in [-0.15, -0.1) is 0 Å². The maximum absolute atomic E-state index is 5.88. The summed E-state index contributed by atoms with van der Waals surface area (Å²) in [6.45, 7) is 5.32. The zero-order valence-electron chi connectivity index (χ0n) is 11.4. The van der Waals surface area contributed by atoms with Crippen molar-refractivity contribution in [2.75, 3.05) is 6.61 Å². The summed E-state index contributed by atoms with van der Waals surface area (Å²) in [4.78, 5) is 0. The summed E-state index contributed by atoms with van der Waals surface area (Å²) in [7, 11) is 0. The van der Waals surface area contributed by atoms with Crippen LogP contribution in [-0.2, 0) is 4.74 Å². The van der Waals surface area contributed by atoms with E-state index >= 15 is 0 Å². The van der Waals surface area contributed by atoms with Gasteiger partial charge in [-0.3, -0.25) is 0 Å². The van der Waals surface area contributed by atoms with Crippen LogP contribution < -0.4 is 5.32 Å². The normalized spacial score (nSPS) is 29.4. The molecule has 3 rings (SSSR count). The van der Waals surface area contributed by atoms with Gasteiger partial charge in [0.05, 0.1) is 6.10 Å². The quantitative estimate of drug-likeness (QED) is 0.879. The molecular formula is C16H23NO. The van der Waals surface area contributed by atoms with E-state index in [2.05, 4.69) is 43.4 Å². The van der Waals surface area contributed by atoms with Crippen molar-refractivity contribution < 1.29 is 4.74 Å². The first-order chi connectivity index (χ1) is 8.74. The zero-order valence-corrected chi connectivity index (χ0v) is 11.4. The van der Waals surface area contributed by atoms with E-state index in [0.717, 1.165) is 18.9 Å². The Morgan fingerprint density at radius 2 is 1.89 bits per heavy atom. The maximum atomic E-state index is 5.88. The molecule has 2 aliphatic rings. The van der Waals surface area contributed by atoms with Gasteiger partial charge in [-0.05, 0) is 44.6 Å². The van der Waals surface area contributed by atoms with Crippen LogP contribution in [0.4, 0.5) is 0 Å². The van der Waals surface area contributed by atoms with Crippen LogP contribution in [0.3, 0.4) is 0 Å². The number of aryl methyl sites for hydroxylation is 1. The van der Waals surface area contributed by atoms with Gasteiger partial charge in [-0.25, -0.2) is 0 Å². The molecule has 1 aromatic carbocycles. The lowest BCUT2D eigenvalue weighted by atomic mass is 10.0. The van der Waals surface area contributed by atoms with Crippen molar-refractivity contribution in [2.24, 2.45) is 5.92 Å². The van der Waals surface area contributed by atoms with E-state index in [-0.39, 0.29) is 0 Å². The first-order valence-electron chi connectivity index (χ1n) is 7.18. The molecule has 0 amide bonds. The molecule has 1 aliphatic carbocycles. The molecule has 0 radical (unpaired) electrons. The Morgan fingerprint density at radius 1 is 1.17 bits per heavy atom. The predicted octanol–water partition coefficient (Wildman–Crippen LogP) is 3.21. The third kappa shape index (κ3) is 2.60. The summed E-state index contributed by atoms with van der Waals surface area (Å²) >= 11 is 0. The molecule has 0 bridgehead atoms. The smallest absolute Gasteiger partial charge is 0.0757 e. The first-order valence-corrected chi connectivity index (χ1v) is 7.18. The molecule has 1 heterocycles. The van der Waals surface area contributed by atoms with Crippen molar-refractivity contribution in [3.05, 3.63) is 35.4 Å². The largest absolute Gasteiger partial charge is 0.376 e. The highest BCUT2D eigenvalue weighted by atomic mass is 16.5. The molecule has 2 nitrogen and oxygen atoms in total. The van der Waals surface area contributed by atoms with Gasteiger partial charge in [0.15, 0.2) is 0 Å². The van der Waals surface area contributed by atoms with Crippen molar-refractivity contribution in [3.63, 3.8) is 0 Å². The minimum Gasteiger partial charge on any atom is -0.376 e. The highest BCUT2D eigenvalue weighted by Crippen LogP contribution is 2.39. The predicted molar refractivity (Wildman–Crippen MR) is 73.6 cm³/mol. The van der Waals surface area contributed by atoms with Crippen molar-refractivity contribution in [2.45, 2.75) is 51.3 Å². The molecule has 2 heteroatoms.